The van der Waals surface area contributed by atoms with Gasteiger partial charge in [0.05, 0.1) is 5.33 Å². The van der Waals surface area contributed by atoms with E-state index in [4.69, 9.17) is 22.7 Å². The standard InChI is InChI=1S/C24H38N4OS2.C9H9BrO/c1-4-6-9-20(5-2)19(3)18-31-23(25)27-24(30)26-21-10-12-22(13-11-21)29-17-16-28-14-7-8-15-28;1-7-3-2-4-8(5-7)9(11)6-10/h5,10-13,19H,4,6-9,14-18H2,1-3H3,(H3,25,26,27,30);2-5H,6H2,1H3/b20-5+;. The SMILES string of the molecule is C/C=C(\CCCC)C(C)CS/C(N)=N/C(=S)Nc1ccc(OCCN2CCCC2)cc1.Cc1cccc(C(=O)CBr)c1. The second-order valence-electron chi connectivity index (χ2n) is 10.4. The Bertz CT molecular complexity index is 1160. The normalized spacial score (nSPS) is 14.6. The van der Waals surface area contributed by atoms with E-state index in [1.807, 2.05) is 55.5 Å². The van der Waals surface area contributed by atoms with Crippen LogP contribution in [0.2, 0.25) is 0 Å². The zero-order chi connectivity index (χ0) is 30.7. The van der Waals surface area contributed by atoms with Crippen LogP contribution >= 0.6 is 39.9 Å². The molecule has 6 nitrogen and oxygen atoms in total. The van der Waals surface area contributed by atoms with Crippen LogP contribution in [-0.4, -0.2) is 58.3 Å². The Morgan fingerprint density at radius 2 is 1.95 bits per heavy atom. The quantitative estimate of drug-likeness (QED) is 0.0553. The van der Waals surface area contributed by atoms with Crippen molar-refractivity contribution in [3.05, 3.63) is 71.3 Å². The minimum atomic E-state index is 0.133. The zero-order valence-electron chi connectivity index (χ0n) is 25.5. The third-order valence-electron chi connectivity index (χ3n) is 6.96. The second kappa shape index (κ2) is 20.7. The third-order valence-corrected chi connectivity index (χ3v) is 8.71. The first-order chi connectivity index (χ1) is 20.2. The molecule has 1 aliphatic rings. The van der Waals surface area contributed by atoms with Crippen molar-refractivity contribution in [1.82, 2.24) is 4.90 Å². The Balaban J connectivity index is 0.000000468. The van der Waals surface area contributed by atoms with Gasteiger partial charge in [-0.1, -0.05) is 83.4 Å². The number of nitrogens with zero attached hydrogens (tertiary/aromatic N) is 2. The molecule has 0 radical (unpaired) electrons. The lowest BCUT2D eigenvalue weighted by molar-refractivity contribution is 0.102. The number of amidine groups is 1. The Kier molecular flexibility index (Phi) is 17.7. The fraction of sp³-hybridized carbons (Fsp3) is 0.485. The van der Waals surface area contributed by atoms with Gasteiger partial charge in [-0.2, -0.15) is 4.99 Å². The number of carbonyl (C=O) groups excluding carboxylic acids is 1. The smallest absolute Gasteiger partial charge is 0.199 e. The summed E-state index contributed by atoms with van der Waals surface area (Å²) in [6, 6.07) is 15.4. The molecular weight excluding hydrogens is 628 g/mol. The summed E-state index contributed by atoms with van der Waals surface area (Å²) in [5, 5.41) is 4.40. The summed E-state index contributed by atoms with van der Waals surface area (Å²) in [6.07, 6.45) is 8.45. The highest BCUT2D eigenvalue weighted by Crippen LogP contribution is 2.22. The number of ether oxygens (including phenoxy) is 1. The molecule has 1 heterocycles. The number of hydrogen-bond donors (Lipinski definition) is 2. The fourth-order valence-electron chi connectivity index (χ4n) is 4.49. The number of rotatable bonds is 13. The van der Waals surface area contributed by atoms with E-state index < -0.39 is 0 Å². The van der Waals surface area contributed by atoms with Crippen molar-refractivity contribution < 1.29 is 9.53 Å². The summed E-state index contributed by atoms with van der Waals surface area (Å²) in [5.41, 5.74) is 10.4. The second-order valence-corrected chi connectivity index (χ2v) is 12.4. The lowest BCUT2D eigenvalue weighted by Crippen LogP contribution is -2.25. The fourth-order valence-corrected chi connectivity index (χ4v) is 5.87. The number of carbonyl (C=O) groups is 1. The maximum Gasteiger partial charge on any atom is 0.199 e. The van der Waals surface area contributed by atoms with Gasteiger partial charge in [0.1, 0.15) is 12.4 Å². The van der Waals surface area contributed by atoms with Gasteiger partial charge in [-0.05, 0) is 101 Å². The van der Waals surface area contributed by atoms with Gasteiger partial charge in [0.25, 0.3) is 0 Å². The maximum absolute atomic E-state index is 11.1. The zero-order valence-corrected chi connectivity index (χ0v) is 28.8. The average molecular weight is 676 g/mol. The molecule has 3 N–H and O–H groups in total. The van der Waals surface area contributed by atoms with Crippen LogP contribution in [-0.2, 0) is 0 Å². The van der Waals surface area contributed by atoms with E-state index in [1.54, 1.807) is 11.8 Å². The van der Waals surface area contributed by atoms with Gasteiger partial charge in [-0.25, -0.2) is 0 Å². The number of hydrogen-bond acceptors (Lipinski definition) is 5. The van der Waals surface area contributed by atoms with E-state index in [9.17, 15) is 4.79 Å². The van der Waals surface area contributed by atoms with Crippen LogP contribution in [0.25, 0.3) is 0 Å². The predicted octanol–water partition coefficient (Wildman–Crippen LogP) is 8.25. The molecule has 0 saturated carbocycles. The van der Waals surface area contributed by atoms with Gasteiger partial charge in [-0.3, -0.25) is 9.69 Å². The molecule has 1 unspecified atom stereocenters. The van der Waals surface area contributed by atoms with E-state index in [-0.39, 0.29) is 5.78 Å². The molecule has 0 spiro atoms. The lowest BCUT2D eigenvalue weighted by Gasteiger charge is -2.15. The van der Waals surface area contributed by atoms with Crippen molar-refractivity contribution >= 4 is 61.7 Å². The molecule has 42 heavy (non-hydrogen) atoms. The maximum atomic E-state index is 11.1. The summed E-state index contributed by atoms with van der Waals surface area (Å²) in [5.74, 6) is 2.39. The first kappa shape index (κ1) is 36.0. The molecule has 230 valence electrons. The Morgan fingerprint density at radius 3 is 2.57 bits per heavy atom. The number of thiocarbonyl (C=S) groups is 1. The number of likely N-dealkylation sites (tertiary alicyclic amines) is 1. The van der Waals surface area contributed by atoms with Crippen molar-refractivity contribution in [2.45, 2.75) is 59.8 Å². The molecule has 1 saturated heterocycles. The number of nitrogens with two attached hydrogens (primary N) is 1. The molecule has 0 bridgehead atoms. The summed E-state index contributed by atoms with van der Waals surface area (Å²) < 4.78 is 5.84. The van der Waals surface area contributed by atoms with Crippen LogP contribution in [0.5, 0.6) is 5.75 Å². The highest BCUT2D eigenvalue weighted by molar-refractivity contribution is 9.09. The van der Waals surface area contributed by atoms with Crippen molar-refractivity contribution in [1.29, 1.82) is 0 Å². The average Bonchev–Trinajstić information content (AvgIpc) is 3.51. The number of unbranched alkanes of at least 4 members (excludes halogenated alkanes) is 1. The molecule has 9 heteroatoms. The number of anilines is 1. The number of ketones is 1. The number of allylic oxidation sites excluding steroid dienone is 2. The first-order valence-electron chi connectivity index (χ1n) is 14.8. The number of alkyl halides is 1. The van der Waals surface area contributed by atoms with E-state index in [1.165, 1.54) is 44.3 Å². The van der Waals surface area contributed by atoms with Crippen molar-refractivity contribution in [3.8, 4) is 5.75 Å². The van der Waals surface area contributed by atoms with Crippen LogP contribution in [0.1, 0.15) is 68.8 Å². The third kappa shape index (κ3) is 14.3. The summed E-state index contributed by atoms with van der Waals surface area (Å²) in [7, 11) is 0. The van der Waals surface area contributed by atoms with Gasteiger partial charge >= 0.3 is 0 Å². The monoisotopic (exact) mass is 674 g/mol. The van der Waals surface area contributed by atoms with Crippen molar-refractivity contribution in [2.24, 2.45) is 16.6 Å². The highest BCUT2D eigenvalue weighted by Gasteiger charge is 2.11. The molecule has 3 rings (SSSR count). The molecule has 0 amide bonds. The van der Waals surface area contributed by atoms with E-state index in [0.717, 1.165) is 47.9 Å². The van der Waals surface area contributed by atoms with Crippen LogP contribution in [0.4, 0.5) is 5.69 Å². The minimum absolute atomic E-state index is 0.133. The number of nitrogens with one attached hydrogen (secondary N) is 1. The van der Waals surface area contributed by atoms with Crippen LogP contribution in [0, 0.1) is 12.8 Å². The van der Waals surface area contributed by atoms with Gasteiger partial charge in [0.15, 0.2) is 16.1 Å². The van der Waals surface area contributed by atoms with Gasteiger partial charge in [0.2, 0.25) is 0 Å². The van der Waals surface area contributed by atoms with Gasteiger partial charge in [-0.15, -0.1) is 0 Å². The number of Topliss-reactive ketones (excluding diaryl/α,β-unsaturated/α-hetero) is 1. The van der Waals surface area contributed by atoms with Crippen LogP contribution in [0.15, 0.2) is 65.2 Å². The van der Waals surface area contributed by atoms with Crippen LogP contribution in [0.3, 0.4) is 0 Å². The largest absolute Gasteiger partial charge is 0.492 e. The topological polar surface area (TPSA) is 80.0 Å². The Hall–Kier alpha value is -2.20. The number of halogens is 1. The highest BCUT2D eigenvalue weighted by atomic mass is 79.9. The molecule has 0 aliphatic carbocycles. The number of benzene rings is 2. The lowest BCUT2D eigenvalue weighted by atomic mass is 9.97. The van der Waals surface area contributed by atoms with Gasteiger partial charge < -0.3 is 15.8 Å². The van der Waals surface area contributed by atoms with Crippen molar-refractivity contribution in [3.63, 3.8) is 0 Å². The number of thioether (sulfide) groups is 1. The Morgan fingerprint density at radius 1 is 1.24 bits per heavy atom. The van der Waals surface area contributed by atoms with Crippen LogP contribution < -0.4 is 15.8 Å². The molecule has 1 aliphatic heterocycles. The Labute approximate surface area is 271 Å². The molecule has 1 atom stereocenters. The summed E-state index contributed by atoms with van der Waals surface area (Å²) >= 11 is 10.0. The van der Waals surface area contributed by atoms with E-state index in [2.05, 4.69) is 58.0 Å². The molecule has 2 aromatic rings. The van der Waals surface area contributed by atoms with Crippen molar-refractivity contribution in [2.75, 3.05) is 42.6 Å². The molecule has 0 aromatic heterocycles. The predicted molar refractivity (Wildman–Crippen MR) is 190 cm³/mol. The summed E-state index contributed by atoms with van der Waals surface area (Å²) in [6.45, 7) is 12.7. The van der Waals surface area contributed by atoms with E-state index >= 15 is 0 Å². The molecule has 1 fully saturated rings. The molecular formula is C33H47BrN4O2S2. The van der Waals surface area contributed by atoms with Gasteiger partial charge in [0, 0.05) is 23.5 Å². The number of aliphatic imine (C=N–C) groups is 1. The van der Waals surface area contributed by atoms with E-state index in [0.29, 0.717) is 21.5 Å². The number of aryl methyl sites for hydroxylation is 1. The summed E-state index contributed by atoms with van der Waals surface area (Å²) in [4.78, 5) is 17.9. The first-order valence-corrected chi connectivity index (χ1v) is 17.3. The minimum Gasteiger partial charge on any atom is -0.492 e. The molecule has 2 aromatic carbocycles.